The Morgan fingerprint density at radius 3 is 2.22 bits per heavy atom. The Hall–Kier alpha value is -0.410. The van der Waals surface area contributed by atoms with Gasteiger partial charge in [0.05, 0.1) is 6.54 Å². The number of hydrogen-bond donors (Lipinski definition) is 0. The minimum Gasteiger partial charge on any atom is -0.298 e. The maximum Gasteiger partial charge on any atom is 0.149 e. The molecule has 0 radical (unpaired) electrons. The molecule has 1 saturated heterocycles. The lowest BCUT2D eigenvalue weighted by atomic mass is 9.86. The lowest BCUT2D eigenvalue weighted by molar-refractivity contribution is -0.125. The maximum atomic E-state index is 12.2. The molecule has 1 saturated carbocycles. The van der Waals surface area contributed by atoms with Crippen molar-refractivity contribution in [3.8, 4) is 0 Å². The van der Waals surface area contributed by atoms with E-state index in [1.807, 2.05) is 0 Å². The lowest BCUT2D eigenvalue weighted by Crippen LogP contribution is -2.50. The summed E-state index contributed by atoms with van der Waals surface area (Å²) in [6.45, 7) is 9.58. The van der Waals surface area contributed by atoms with E-state index in [2.05, 4.69) is 23.6 Å². The quantitative estimate of drug-likeness (QED) is 0.766. The SMILES string of the molecule is CC(C)N1CCN(CC(=O)C2CCCCC2)CC1. The van der Waals surface area contributed by atoms with Crippen LogP contribution in [0.2, 0.25) is 0 Å². The second-order valence-corrected chi connectivity index (χ2v) is 6.21. The number of carbonyl (C=O) groups is 1. The van der Waals surface area contributed by atoms with Crippen LogP contribution in [0.4, 0.5) is 0 Å². The Balaban J connectivity index is 1.72. The monoisotopic (exact) mass is 252 g/mol. The Kier molecular flexibility index (Phi) is 5.19. The van der Waals surface area contributed by atoms with Crippen molar-refractivity contribution in [1.29, 1.82) is 0 Å². The number of nitrogens with zero attached hydrogens (tertiary/aromatic N) is 2. The zero-order valence-corrected chi connectivity index (χ0v) is 12.0. The number of piperazine rings is 1. The Morgan fingerprint density at radius 2 is 1.67 bits per heavy atom. The van der Waals surface area contributed by atoms with Crippen LogP contribution in [-0.2, 0) is 4.79 Å². The van der Waals surface area contributed by atoms with Crippen LogP contribution in [0.25, 0.3) is 0 Å². The molecule has 0 N–H and O–H groups in total. The van der Waals surface area contributed by atoms with Crippen LogP contribution in [0, 0.1) is 5.92 Å². The molecule has 0 atom stereocenters. The summed E-state index contributed by atoms with van der Waals surface area (Å²) in [5, 5.41) is 0. The largest absolute Gasteiger partial charge is 0.298 e. The van der Waals surface area contributed by atoms with Crippen molar-refractivity contribution in [2.45, 2.75) is 52.0 Å². The van der Waals surface area contributed by atoms with Gasteiger partial charge in [0, 0.05) is 38.1 Å². The highest BCUT2D eigenvalue weighted by molar-refractivity contribution is 5.83. The van der Waals surface area contributed by atoms with Gasteiger partial charge in [0.25, 0.3) is 0 Å². The molecule has 0 aromatic carbocycles. The topological polar surface area (TPSA) is 23.6 Å². The van der Waals surface area contributed by atoms with Gasteiger partial charge in [-0.2, -0.15) is 0 Å². The number of rotatable bonds is 4. The molecule has 0 amide bonds. The van der Waals surface area contributed by atoms with E-state index >= 15 is 0 Å². The molecule has 3 heteroatoms. The van der Waals surface area contributed by atoms with Gasteiger partial charge in [-0.15, -0.1) is 0 Å². The molecule has 0 aromatic heterocycles. The molecule has 18 heavy (non-hydrogen) atoms. The van der Waals surface area contributed by atoms with E-state index in [-0.39, 0.29) is 0 Å². The predicted molar refractivity (Wildman–Crippen MR) is 74.7 cm³/mol. The minimum absolute atomic E-state index is 0.377. The van der Waals surface area contributed by atoms with E-state index in [9.17, 15) is 4.79 Å². The van der Waals surface area contributed by atoms with Crippen LogP contribution < -0.4 is 0 Å². The normalized spacial score (nSPS) is 24.6. The molecule has 2 fully saturated rings. The van der Waals surface area contributed by atoms with E-state index in [1.165, 1.54) is 19.3 Å². The first kappa shape index (κ1) is 14.0. The van der Waals surface area contributed by atoms with E-state index in [0.717, 1.165) is 39.0 Å². The molecular formula is C15H28N2O. The highest BCUT2D eigenvalue weighted by atomic mass is 16.1. The minimum atomic E-state index is 0.377. The molecule has 1 aliphatic carbocycles. The fourth-order valence-electron chi connectivity index (χ4n) is 3.21. The molecular weight excluding hydrogens is 224 g/mol. The highest BCUT2D eigenvalue weighted by Crippen LogP contribution is 2.24. The van der Waals surface area contributed by atoms with Crippen LogP contribution in [-0.4, -0.2) is 54.3 Å². The Bertz CT molecular complexity index is 264. The first-order chi connectivity index (χ1) is 8.66. The first-order valence-electron chi connectivity index (χ1n) is 7.66. The Morgan fingerprint density at radius 1 is 1.06 bits per heavy atom. The Labute approximate surface area is 112 Å². The van der Waals surface area contributed by atoms with Crippen LogP contribution in [0.1, 0.15) is 46.0 Å². The summed E-state index contributed by atoms with van der Waals surface area (Å²) in [6, 6.07) is 0.640. The number of Topliss-reactive ketones (excluding diaryl/α,β-unsaturated/α-hetero) is 1. The highest BCUT2D eigenvalue weighted by Gasteiger charge is 2.25. The third-order valence-electron chi connectivity index (χ3n) is 4.58. The molecule has 0 aromatic rings. The van der Waals surface area contributed by atoms with Crippen molar-refractivity contribution < 1.29 is 4.79 Å². The number of carbonyl (C=O) groups excluding carboxylic acids is 1. The van der Waals surface area contributed by atoms with Crippen molar-refractivity contribution in [1.82, 2.24) is 9.80 Å². The lowest BCUT2D eigenvalue weighted by Gasteiger charge is -2.37. The van der Waals surface area contributed by atoms with Gasteiger partial charge in [0.1, 0.15) is 5.78 Å². The average molecular weight is 252 g/mol. The second kappa shape index (κ2) is 6.67. The van der Waals surface area contributed by atoms with Crippen molar-refractivity contribution >= 4 is 5.78 Å². The fraction of sp³-hybridized carbons (Fsp3) is 0.933. The van der Waals surface area contributed by atoms with E-state index < -0.39 is 0 Å². The van der Waals surface area contributed by atoms with Gasteiger partial charge < -0.3 is 0 Å². The van der Waals surface area contributed by atoms with Gasteiger partial charge in [-0.05, 0) is 26.7 Å². The van der Waals surface area contributed by atoms with Gasteiger partial charge in [-0.3, -0.25) is 14.6 Å². The average Bonchev–Trinajstić information content (AvgIpc) is 2.40. The summed E-state index contributed by atoms with van der Waals surface area (Å²) in [5.41, 5.74) is 0. The first-order valence-corrected chi connectivity index (χ1v) is 7.66. The smallest absolute Gasteiger partial charge is 0.149 e. The van der Waals surface area contributed by atoms with Gasteiger partial charge >= 0.3 is 0 Å². The molecule has 1 aliphatic heterocycles. The molecule has 0 unspecified atom stereocenters. The standard InChI is InChI=1S/C15H28N2O/c1-13(2)17-10-8-16(9-11-17)12-15(18)14-6-4-3-5-7-14/h13-14H,3-12H2,1-2H3. The third-order valence-corrected chi connectivity index (χ3v) is 4.58. The summed E-state index contributed by atoms with van der Waals surface area (Å²) in [6.07, 6.45) is 6.14. The van der Waals surface area contributed by atoms with Crippen molar-refractivity contribution in [3.63, 3.8) is 0 Å². The summed E-state index contributed by atoms with van der Waals surface area (Å²) in [5.74, 6) is 0.884. The molecule has 104 valence electrons. The number of ketones is 1. The van der Waals surface area contributed by atoms with Gasteiger partial charge in [-0.1, -0.05) is 19.3 Å². The van der Waals surface area contributed by atoms with Crippen LogP contribution in [0.15, 0.2) is 0 Å². The summed E-state index contributed by atoms with van der Waals surface area (Å²) in [7, 11) is 0. The van der Waals surface area contributed by atoms with Crippen LogP contribution in [0.3, 0.4) is 0 Å². The van der Waals surface area contributed by atoms with Crippen LogP contribution >= 0.6 is 0 Å². The summed E-state index contributed by atoms with van der Waals surface area (Å²) < 4.78 is 0. The molecule has 1 heterocycles. The van der Waals surface area contributed by atoms with Crippen molar-refractivity contribution in [2.24, 2.45) is 5.92 Å². The van der Waals surface area contributed by atoms with Gasteiger partial charge in [-0.25, -0.2) is 0 Å². The number of hydrogen-bond acceptors (Lipinski definition) is 3. The van der Waals surface area contributed by atoms with Gasteiger partial charge in [0.2, 0.25) is 0 Å². The maximum absolute atomic E-state index is 12.2. The van der Waals surface area contributed by atoms with Gasteiger partial charge in [0.15, 0.2) is 0 Å². The van der Waals surface area contributed by atoms with E-state index in [4.69, 9.17) is 0 Å². The molecule has 0 spiro atoms. The summed E-state index contributed by atoms with van der Waals surface area (Å²) in [4.78, 5) is 17.1. The second-order valence-electron chi connectivity index (χ2n) is 6.21. The summed E-state index contributed by atoms with van der Waals surface area (Å²) >= 11 is 0. The zero-order chi connectivity index (χ0) is 13.0. The molecule has 3 nitrogen and oxygen atoms in total. The van der Waals surface area contributed by atoms with E-state index in [1.54, 1.807) is 0 Å². The van der Waals surface area contributed by atoms with Crippen LogP contribution in [0.5, 0.6) is 0 Å². The van der Waals surface area contributed by atoms with Crippen molar-refractivity contribution in [2.75, 3.05) is 32.7 Å². The van der Waals surface area contributed by atoms with E-state index in [0.29, 0.717) is 24.3 Å². The third kappa shape index (κ3) is 3.79. The molecule has 2 rings (SSSR count). The predicted octanol–water partition coefficient (Wildman–Crippen LogP) is 2.16. The van der Waals surface area contributed by atoms with Crippen molar-refractivity contribution in [3.05, 3.63) is 0 Å². The zero-order valence-electron chi connectivity index (χ0n) is 12.0. The fourth-order valence-corrected chi connectivity index (χ4v) is 3.21. The molecule has 0 bridgehead atoms. The molecule has 2 aliphatic rings.